The molecule has 1 fully saturated rings. The number of nitrogens with zero attached hydrogens (tertiary/aromatic N) is 2. The molecule has 0 spiro atoms. The number of hydroxylamine groups is 1. The average molecular weight is 451 g/mol. The Morgan fingerprint density at radius 1 is 1.30 bits per heavy atom. The van der Waals surface area contributed by atoms with Crippen molar-refractivity contribution in [3.63, 3.8) is 0 Å². The number of aromatic nitrogens is 1. The third kappa shape index (κ3) is 4.64. The SMILES string of the molecule is CC1C=C(C(=O)NO)C=CC1Cn1c2c(c3cc(CCN4CCOCC4)ccc31)CCNC2. The number of morpholine rings is 1. The van der Waals surface area contributed by atoms with E-state index < -0.39 is 5.91 Å². The standard InChI is InChI=1S/C26H34N4O3/c1-18-14-20(26(31)28-32)3-4-21(18)17-30-24-5-2-19(7-9-29-10-12-33-13-11-29)15-23(24)22-6-8-27-16-25(22)30/h2-5,14-15,18,21,27,32H,6-13,16-17H2,1H3,(H,28,31). The summed E-state index contributed by atoms with van der Waals surface area (Å²) in [6.07, 6.45) is 8.02. The van der Waals surface area contributed by atoms with E-state index in [1.54, 1.807) is 5.48 Å². The maximum atomic E-state index is 11.8. The number of fused-ring (bicyclic) bond motifs is 3. The number of benzene rings is 1. The summed E-state index contributed by atoms with van der Waals surface area (Å²) in [4.78, 5) is 14.3. The largest absolute Gasteiger partial charge is 0.379 e. The molecule has 7 nitrogen and oxygen atoms in total. The highest BCUT2D eigenvalue weighted by Crippen LogP contribution is 2.33. The van der Waals surface area contributed by atoms with Crippen molar-refractivity contribution in [2.24, 2.45) is 11.8 Å². The maximum Gasteiger partial charge on any atom is 0.274 e. The molecule has 1 aromatic heterocycles. The van der Waals surface area contributed by atoms with Gasteiger partial charge >= 0.3 is 0 Å². The number of carbonyl (C=O) groups excluding carboxylic acids is 1. The van der Waals surface area contributed by atoms with E-state index in [-0.39, 0.29) is 5.92 Å². The molecular formula is C26H34N4O3. The summed E-state index contributed by atoms with van der Waals surface area (Å²) in [5.74, 6) is 0.0526. The van der Waals surface area contributed by atoms with E-state index in [1.165, 1.54) is 27.7 Å². The first-order valence-corrected chi connectivity index (χ1v) is 12.1. The molecule has 2 aliphatic heterocycles. The number of hydrogen-bond donors (Lipinski definition) is 3. The Morgan fingerprint density at radius 2 is 2.15 bits per heavy atom. The van der Waals surface area contributed by atoms with Crippen LogP contribution in [0.4, 0.5) is 0 Å². The second-order valence-electron chi connectivity index (χ2n) is 9.46. The summed E-state index contributed by atoms with van der Waals surface area (Å²) >= 11 is 0. The van der Waals surface area contributed by atoms with Crippen LogP contribution in [0.5, 0.6) is 0 Å². The molecule has 0 bridgehead atoms. The summed E-state index contributed by atoms with van der Waals surface area (Å²) in [5, 5.41) is 13.9. The lowest BCUT2D eigenvalue weighted by molar-refractivity contribution is -0.125. The van der Waals surface area contributed by atoms with E-state index in [0.717, 1.165) is 65.3 Å². The minimum Gasteiger partial charge on any atom is -0.379 e. The Hall–Kier alpha value is -2.45. The van der Waals surface area contributed by atoms with Gasteiger partial charge in [-0.05, 0) is 48.6 Å². The fourth-order valence-electron chi connectivity index (χ4n) is 5.42. The number of ether oxygens (including phenoxy) is 1. The van der Waals surface area contributed by atoms with Crippen LogP contribution in [0.25, 0.3) is 10.9 Å². The molecule has 1 aliphatic carbocycles. The molecule has 176 valence electrons. The van der Waals surface area contributed by atoms with Crippen LogP contribution >= 0.6 is 0 Å². The van der Waals surface area contributed by atoms with Crippen LogP contribution in [0.1, 0.15) is 23.7 Å². The van der Waals surface area contributed by atoms with Gasteiger partial charge in [0, 0.05) is 60.8 Å². The molecule has 33 heavy (non-hydrogen) atoms. The van der Waals surface area contributed by atoms with Crippen molar-refractivity contribution in [2.45, 2.75) is 32.9 Å². The summed E-state index contributed by atoms with van der Waals surface area (Å²) in [6.45, 7) is 9.76. The van der Waals surface area contributed by atoms with Gasteiger partial charge in [0.25, 0.3) is 5.91 Å². The molecule has 2 aromatic rings. The highest BCUT2D eigenvalue weighted by atomic mass is 16.5. The summed E-state index contributed by atoms with van der Waals surface area (Å²) < 4.78 is 7.96. The zero-order chi connectivity index (χ0) is 22.8. The lowest BCUT2D eigenvalue weighted by Gasteiger charge is -2.26. The van der Waals surface area contributed by atoms with Crippen molar-refractivity contribution in [1.82, 2.24) is 20.3 Å². The van der Waals surface area contributed by atoms with E-state index >= 15 is 0 Å². The van der Waals surface area contributed by atoms with E-state index in [1.807, 2.05) is 12.2 Å². The van der Waals surface area contributed by atoms with Crippen molar-refractivity contribution in [3.05, 3.63) is 58.8 Å². The molecule has 2 unspecified atom stereocenters. The maximum absolute atomic E-state index is 11.8. The predicted octanol–water partition coefficient (Wildman–Crippen LogP) is 2.42. The first kappa shape index (κ1) is 22.3. The Bertz CT molecular complexity index is 1080. The lowest BCUT2D eigenvalue weighted by atomic mass is 9.86. The van der Waals surface area contributed by atoms with Gasteiger partial charge < -0.3 is 14.6 Å². The minimum atomic E-state index is -0.450. The van der Waals surface area contributed by atoms with Gasteiger partial charge in [0.1, 0.15) is 0 Å². The highest BCUT2D eigenvalue weighted by Gasteiger charge is 2.25. The summed E-state index contributed by atoms with van der Waals surface area (Å²) in [7, 11) is 0. The van der Waals surface area contributed by atoms with Crippen LogP contribution in [0.3, 0.4) is 0 Å². The fourth-order valence-corrected chi connectivity index (χ4v) is 5.42. The van der Waals surface area contributed by atoms with Crippen LogP contribution in [0.15, 0.2) is 42.0 Å². The predicted molar refractivity (Wildman–Crippen MR) is 128 cm³/mol. The van der Waals surface area contributed by atoms with Crippen molar-refractivity contribution in [1.29, 1.82) is 0 Å². The van der Waals surface area contributed by atoms with Crippen molar-refractivity contribution in [2.75, 3.05) is 39.4 Å². The summed E-state index contributed by atoms with van der Waals surface area (Å²) in [5.41, 5.74) is 7.85. The highest BCUT2D eigenvalue weighted by molar-refractivity contribution is 5.95. The van der Waals surface area contributed by atoms with Gasteiger partial charge in [0.15, 0.2) is 0 Å². The lowest BCUT2D eigenvalue weighted by Crippen LogP contribution is -2.37. The van der Waals surface area contributed by atoms with Crippen molar-refractivity contribution < 1.29 is 14.7 Å². The average Bonchev–Trinajstić information content (AvgIpc) is 3.17. The van der Waals surface area contributed by atoms with Gasteiger partial charge in [-0.2, -0.15) is 0 Å². The van der Waals surface area contributed by atoms with Gasteiger partial charge in [0.2, 0.25) is 0 Å². The quantitative estimate of drug-likeness (QED) is 0.465. The topological polar surface area (TPSA) is 78.8 Å². The number of allylic oxidation sites excluding steroid dienone is 2. The molecule has 5 rings (SSSR count). The third-order valence-electron chi connectivity index (χ3n) is 7.41. The number of nitrogens with one attached hydrogen (secondary N) is 2. The van der Waals surface area contributed by atoms with Gasteiger partial charge in [-0.25, -0.2) is 5.48 Å². The van der Waals surface area contributed by atoms with E-state index in [9.17, 15) is 4.79 Å². The number of hydrogen-bond acceptors (Lipinski definition) is 5. The fraction of sp³-hybridized carbons (Fsp3) is 0.500. The second-order valence-corrected chi connectivity index (χ2v) is 9.46. The zero-order valence-corrected chi connectivity index (χ0v) is 19.3. The zero-order valence-electron chi connectivity index (χ0n) is 19.3. The molecule has 2 atom stereocenters. The van der Waals surface area contributed by atoms with Gasteiger partial charge in [0.05, 0.1) is 13.2 Å². The Kier molecular flexibility index (Phi) is 6.64. The van der Waals surface area contributed by atoms with Crippen molar-refractivity contribution >= 4 is 16.8 Å². The van der Waals surface area contributed by atoms with Crippen molar-refractivity contribution in [3.8, 4) is 0 Å². The molecule has 3 heterocycles. The molecule has 3 N–H and O–H groups in total. The monoisotopic (exact) mass is 450 g/mol. The smallest absolute Gasteiger partial charge is 0.274 e. The molecule has 0 radical (unpaired) electrons. The first-order valence-electron chi connectivity index (χ1n) is 12.1. The summed E-state index contributed by atoms with van der Waals surface area (Å²) in [6, 6.07) is 7.02. The van der Waals surface area contributed by atoms with Crippen LogP contribution < -0.4 is 10.8 Å². The Morgan fingerprint density at radius 3 is 2.94 bits per heavy atom. The van der Waals surface area contributed by atoms with Crippen LogP contribution in [0, 0.1) is 11.8 Å². The third-order valence-corrected chi connectivity index (χ3v) is 7.41. The molecule has 1 aromatic carbocycles. The van der Waals surface area contributed by atoms with Gasteiger partial charge in [-0.3, -0.25) is 14.9 Å². The van der Waals surface area contributed by atoms with E-state index in [0.29, 0.717) is 11.5 Å². The van der Waals surface area contributed by atoms with E-state index in [2.05, 4.69) is 46.0 Å². The van der Waals surface area contributed by atoms with Crippen LogP contribution in [-0.2, 0) is 35.5 Å². The van der Waals surface area contributed by atoms with Crippen LogP contribution in [-0.4, -0.2) is 60.0 Å². The van der Waals surface area contributed by atoms with Crippen LogP contribution in [0.2, 0.25) is 0 Å². The molecular weight excluding hydrogens is 416 g/mol. The minimum absolute atomic E-state index is 0.208. The number of carbonyl (C=O) groups is 1. The molecule has 1 saturated heterocycles. The Labute approximate surface area is 195 Å². The van der Waals surface area contributed by atoms with Gasteiger partial charge in [-0.15, -0.1) is 0 Å². The molecule has 7 heteroatoms. The number of rotatable bonds is 6. The Balaban J connectivity index is 1.39. The molecule has 3 aliphatic rings. The normalized spacial score (nSPS) is 23.4. The van der Waals surface area contributed by atoms with E-state index in [4.69, 9.17) is 9.94 Å². The first-order chi connectivity index (χ1) is 16.1. The van der Waals surface area contributed by atoms with Gasteiger partial charge in [-0.1, -0.05) is 31.2 Å². The number of amides is 1. The second kappa shape index (κ2) is 9.81. The molecule has 1 amide bonds. The molecule has 0 saturated carbocycles.